The fraction of sp³-hybridized carbons (Fsp3) is 0.571. The SMILES string of the molecule is COc1ccc(C(O)CC(C)(C)C)c(OC)c1. The maximum Gasteiger partial charge on any atom is 0.128 e. The third kappa shape index (κ3) is 3.93. The highest BCUT2D eigenvalue weighted by Crippen LogP contribution is 2.35. The van der Waals surface area contributed by atoms with E-state index in [4.69, 9.17) is 9.47 Å². The normalized spacial score (nSPS) is 13.3. The van der Waals surface area contributed by atoms with Gasteiger partial charge in [0.1, 0.15) is 11.5 Å². The number of ether oxygens (including phenoxy) is 2. The first-order chi connectivity index (χ1) is 7.87. The molecule has 3 heteroatoms. The van der Waals surface area contributed by atoms with Gasteiger partial charge in [-0.05, 0) is 24.0 Å². The molecule has 1 atom stereocenters. The van der Waals surface area contributed by atoms with E-state index in [1.165, 1.54) is 0 Å². The molecule has 0 fully saturated rings. The lowest BCUT2D eigenvalue weighted by Crippen LogP contribution is -2.12. The molecule has 0 aliphatic rings. The third-order valence-corrected chi connectivity index (χ3v) is 2.61. The molecule has 0 bridgehead atoms. The zero-order valence-corrected chi connectivity index (χ0v) is 11.3. The minimum atomic E-state index is -0.518. The molecule has 1 rings (SSSR count). The molecule has 0 saturated carbocycles. The van der Waals surface area contributed by atoms with Crippen molar-refractivity contribution in [2.24, 2.45) is 5.41 Å². The fourth-order valence-electron chi connectivity index (χ4n) is 1.78. The Morgan fingerprint density at radius 3 is 2.29 bits per heavy atom. The lowest BCUT2D eigenvalue weighted by molar-refractivity contribution is 0.119. The predicted octanol–water partition coefficient (Wildman–Crippen LogP) is 3.17. The standard InChI is InChI=1S/C14H22O3/c1-14(2,3)9-12(15)11-7-6-10(16-4)8-13(11)17-5/h6-8,12,15H,9H2,1-5H3. The number of aliphatic hydroxyl groups excluding tert-OH is 1. The molecule has 1 N–H and O–H groups in total. The molecule has 0 aliphatic carbocycles. The summed E-state index contributed by atoms with van der Waals surface area (Å²) in [6, 6.07) is 5.49. The van der Waals surface area contributed by atoms with Crippen LogP contribution >= 0.6 is 0 Å². The molecule has 3 nitrogen and oxygen atoms in total. The molecule has 0 amide bonds. The molecule has 0 saturated heterocycles. The zero-order chi connectivity index (χ0) is 13.1. The van der Waals surface area contributed by atoms with Gasteiger partial charge in [0.15, 0.2) is 0 Å². The molecule has 0 radical (unpaired) electrons. The predicted molar refractivity (Wildman–Crippen MR) is 68.6 cm³/mol. The van der Waals surface area contributed by atoms with Gasteiger partial charge in [0.2, 0.25) is 0 Å². The van der Waals surface area contributed by atoms with Gasteiger partial charge in [-0.2, -0.15) is 0 Å². The van der Waals surface area contributed by atoms with Gasteiger partial charge in [0.25, 0.3) is 0 Å². The zero-order valence-electron chi connectivity index (χ0n) is 11.3. The van der Waals surface area contributed by atoms with Crippen molar-refractivity contribution in [1.82, 2.24) is 0 Å². The van der Waals surface area contributed by atoms with Gasteiger partial charge in [0.05, 0.1) is 20.3 Å². The highest BCUT2D eigenvalue weighted by molar-refractivity contribution is 5.42. The molecule has 1 aromatic rings. The Kier molecular flexibility index (Phi) is 4.40. The van der Waals surface area contributed by atoms with Crippen molar-refractivity contribution in [3.63, 3.8) is 0 Å². The van der Waals surface area contributed by atoms with Crippen molar-refractivity contribution in [2.45, 2.75) is 33.3 Å². The first-order valence-electron chi connectivity index (χ1n) is 5.77. The molecule has 1 unspecified atom stereocenters. The summed E-state index contributed by atoms with van der Waals surface area (Å²) in [7, 11) is 3.21. The minimum Gasteiger partial charge on any atom is -0.497 e. The number of benzene rings is 1. The van der Waals surface area contributed by atoms with Gasteiger partial charge in [-0.25, -0.2) is 0 Å². The lowest BCUT2D eigenvalue weighted by Gasteiger charge is -2.23. The summed E-state index contributed by atoms with van der Waals surface area (Å²) < 4.78 is 10.4. The van der Waals surface area contributed by atoms with Crippen molar-refractivity contribution in [3.05, 3.63) is 23.8 Å². The summed E-state index contributed by atoms with van der Waals surface area (Å²) in [4.78, 5) is 0. The first kappa shape index (κ1) is 13.8. The Bertz CT molecular complexity index is 366. The van der Waals surface area contributed by atoms with E-state index >= 15 is 0 Å². The van der Waals surface area contributed by atoms with Crippen molar-refractivity contribution >= 4 is 0 Å². The quantitative estimate of drug-likeness (QED) is 0.875. The van der Waals surface area contributed by atoms with Crippen LogP contribution in [0.5, 0.6) is 11.5 Å². The van der Waals surface area contributed by atoms with E-state index in [9.17, 15) is 5.11 Å². The number of hydrogen-bond acceptors (Lipinski definition) is 3. The van der Waals surface area contributed by atoms with Crippen LogP contribution in [0.3, 0.4) is 0 Å². The molecule has 0 heterocycles. The lowest BCUT2D eigenvalue weighted by atomic mass is 9.86. The Morgan fingerprint density at radius 1 is 1.18 bits per heavy atom. The van der Waals surface area contributed by atoms with Crippen LogP contribution in [-0.2, 0) is 0 Å². The Morgan fingerprint density at radius 2 is 1.82 bits per heavy atom. The van der Waals surface area contributed by atoms with Gasteiger partial charge in [-0.1, -0.05) is 20.8 Å². The van der Waals surface area contributed by atoms with Gasteiger partial charge in [-0.15, -0.1) is 0 Å². The summed E-state index contributed by atoms with van der Waals surface area (Å²) in [5, 5.41) is 10.2. The first-order valence-corrected chi connectivity index (χ1v) is 5.77. The van der Waals surface area contributed by atoms with E-state index < -0.39 is 6.10 Å². The van der Waals surface area contributed by atoms with Crippen molar-refractivity contribution in [2.75, 3.05) is 14.2 Å². The molecule has 0 spiro atoms. The highest BCUT2D eigenvalue weighted by Gasteiger charge is 2.21. The molecule has 17 heavy (non-hydrogen) atoms. The van der Waals surface area contributed by atoms with Crippen molar-refractivity contribution in [3.8, 4) is 11.5 Å². The van der Waals surface area contributed by atoms with E-state index in [1.54, 1.807) is 20.3 Å². The molecular formula is C14H22O3. The van der Waals surface area contributed by atoms with Crippen LogP contribution in [-0.4, -0.2) is 19.3 Å². The highest BCUT2D eigenvalue weighted by atomic mass is 16.5. The Hall–Kier alpha value is -1.22. The number of hydrogen-bond donors (Lipinski definition) is 1. The fourth-order valence-corrected chi connectivity index (χ4v) is 1.78. The molecule has 0 aliphatic heterocycles. The van der Waals surface area contributed by atoms with Gasteiger partial charge >= 0.3 is 0 Å². The van der Waals surface area contributed by atoms with Crippen LogP contribution < -0.4 is 9.47 Å². The van der Waals surface area contributed by atoms with E-state index in [0.717, 1.165) is 11.3 Å². The maximum absolute atomic E-state index is 10.2. The summed E-state index contributed by atoms with van der Waals surface area (Å²) in [5.41, 5.74) is 0.882. The topological polar surface area (TPSA) is 38.7 Å². The van der Waals surface area contributed by atoms with Crippen LogP contribution in [0.1, 0.15) is 38.9 Å². The second-order valence-corrected chi connectivity index (χ2v) is 5.39. The molecule has 0 aromatic heterocycles. The smallest absolute Gasteiger partial charge is 0.128 e. The molecular weight excluding hydrogens is 216 g/mol. The average Bonchev–Trinajstić information content (AvgIpc) is 2.25. The van der Waals surface area contributed by atoms with Gasteiger partial charge < -0.3 is 14.6 Å². The summed E-state index contributed by atoms with van der Waals surface area (Å²) >= 11 is 0. The van der Waals surface area contributed by atoms with Crippen LogP contribution in [0, 0.1) is 5.41 Å². The molecule has 96 valence electrons. The average molecular weight is 238 g/mol. The van der Waals surface area contributed by atoms with Gasteiger partial charge in [-0.3, -0.25) is 0 Å². The summed E-state index contributed by atoms with van der Waals surface area (Å²) in [6.45, 7) is 6.31. The van der Waals surface area contributed by atoms with Crippen LogP contribution in [0.2, 0.25) is 0 Å². The molecule has 1 aromatic carbocycles. The van der Waals surface area contributed by atoms with E-state index in [-0.39, 0.29) is 5.41 Å². The number of methoxy groups -OCH3 is 2. The van der Waals surface area contributed by atoms with Crippen LogP contribution in [0.4, 0.5) is 0 Å². The number of rotatable bonds is 4. The Labute approximate surface area is 103 Å². The van der Waals surface area contributed by atoms with E-state index in [2.05, 4.69) is 20.8 Å². The second-order valence-electron chi connectivity index (χ2n) is 5.39. The van der Waals surface area contributed by atoms with E-state index in [0.29, 0.717) is 12.2 Å². The van der Waals surface area contributed by atoms with Crippen molar-refractivity contribution < 1.29 is 14.6 Å². The summed E-state index contributed by atoms with van der Waals surface area (Å²) in [6.07, 6.45) is 0.172. The monoisotopic (exact) mass is 238 g/mol. The van der Waals surface area contributed by atoms with Crippen molar-refractivity contribution in [1.29, 1.82) is 0 Å². The summed E-state index contributed by atoms with van der Waals surface area (Å²) in [5.74, 6) is 1.40. The minimum absolute atomic E-state index is 0.0738. The van der Waals surface area contributed by atoms with Gasteiger partial charge in [0, 0.05) is 11.6 Å². The number of aliphatic hydroxyl groups is 1. The second kappa shape index (κ2) is 5.41. The largest absolute Gasteiger partial charge is 0.497 e. The maximum atomic E-state index is 10.2. The van der Waals surface area contributed by atoms with E-state index in [1.807, 2.05) is 12.1 Å². The van der Waals surface area contributed by atoms with Crippen LogP contribution in [0.15, 0.2) is 18.2 Å². The third-order valence-electron chi connectivity index (χ3n) is 2.61. The Balaban J connectivity index is 2.96. The van der Waals surface area contributed by atoms with Crippen LogP contribution in [0.25, 0.3) is 0 Å².